The van der Waals surface area contributed by atoms with Crippen molar-refractivity contribution in [1.82, 2.24) is 0 Å². The standard InChI is InChI=1S/C12H21FO3/c1-3-5-6-7-8-9-10(14)11(13)12(15)16-4-2/h11H,3-9H2,1-2H3. The normalized spacial score (nSPS) is 12.2. The van der Waals surface area contributed by atoms with E-state index in [0.29, 0.717) is 6.42 Å². The van der Waals surface area contributed by atoms with Gasteiger partial charge in [0.1, 0.15) is 0 Å². The van der Waals surface area contributed by atoms with Gasteiger partial charge in [0.2, 0.25) is 0 Å². The highest BCUT2D eigenvalue weighted by Gasteiger charge is 2.26. The highest BCUT2D eigenvalue weighted by Crippen LogP contribution is 2.08. The van der Waals surface area contributed by atoms with Gasteiger partial charge in [-0.05, 0) is 13.3 Å². The van der Waals surface area contributed by atoms with E-state index in [-0.39, 0.29) is 13.0 Å². The van der Waals surface area contributed by atoms with Crippen LogP contribution in [-0.4, -0.2) is 24.5 Å². The molecule has 3 nitrogen and oxygen atoms in total. The van der Waals surface area contributed by atoms with Crippen LogP contribution in [0.25, 0.3) is 0 Å². The molecule has 0 saturated heterocycles. The molecule has 0 fully saturated rings. The Kier molecular flexibility index (Phi) is 8.77. The van der Waals surface area contributed by atoms with Crippen molar-refractivity contribution in [2.24, 2.45) is 0 Å². The van der Waals surface area contributed by atoms with Gasteiger partial charge in [0.05, 0.1) is 6.61 Å². The molecule has 0 aromatic heterocycles. The summed E-state index contributed by atoms with van der Waals surface area (Å²) in [6.07, 6.45) is 2.91. The Morgan fingerprint density at radius 2 is 1.75 bits per heavy atom. The number of Topliss-reactive ketones (excluding diaryl/α,β-unsaturated/α-hetero) is 1. The second kappa shape index (κ2) is 9.31. The Balaban J connectivity index is 3.67. The van der Waals surface area contributed by atoms with E-state index >= 15 is 0 Å². The molecule has 0 N–H and O–H groups in total. The summed E-state index contributed by atoms with van der Waals surface area (Å²) < 4.78 is 17.6. The predicted octanol–water partition coefficient (Wildman–Crippen LogP) is 2.82. The Hall–Kier alpha value is -0.930. The van der Waals surface area contributed by atoms with Gasteiger partial charge in [-0.1, -0.05) is 32.6 Å². The van der Waals surface area contributed by atoms with Crippen molar-refractivity contribution in [3.05, 3.63) is 0 Å². The molecule has 0 aliphatic heterocycles. The van der Waals surface area contributed by atoms with Crippen LogP contribution in [0.4, 0.5) is 4.39 Å². The molecule has 0 heterocycles. The van der Waals surface area contributed by atoms with Crippen molar-refractivity contribution < 1.29 is 18.7 Å². The Morgan fingerprint density at radius 3 is 2.31 bits per heavy atom. The number of ketones is 1. The third kappa shape index (κ3) is 6.53. The van der Waals surface area contributed by atoms with Gasteiger partial charge in [-0.15, -0.1) is 0 Å². The van der Waals surface area contributed by atoms with Crippen LogP contribution in [0.2, 0.25) is 0 Å². The van der Waals surface area contributed by atoms with Crippen molar-refractivity contribution >= 4 is 11.8 Å². The van der Waals surface area contributed by atoms with Gasteiger partial charge in [-0.2, -0.15) is 0 Å². The first-order valence-electron chi connectivity index (χ1n) is 5.96. The van der Waals surface area contributed by atoms with E-state index in [2.05, 4.69) is 11.7 Å². The fourth-order valence-electron chi connectivity index (χ4n) is 1.38. The third-order valence-electron chi connectivity index (χ3n) is 2.30. The molecule has 1 atom stereocenters. The van der Waals surface area contributed by atoms with E-state index in [9.17, 15) is 14.0 Å². The molecular formula is C12H21FO3. The summed E-state index contributed by atoms with van der Waals surface area (Å²) in [6, 6.07) is 0. The molecule has 0 aromatic rings. The predicted molar refractivity (Wildman–Crippen MR) is 59.9 cm³/mol. The Bertz CT molecular complexity index is 216. The highest BCUT2D eigenvalue weighted by molar-refractivity contribution is 6.01. The first-order chi connectivity index (χ1) is 7.63. The number of alkyl halides is 1. The van der Waals surface area contributed by atoms with Crippen LogP contribution in [0.3, 0.4) is 0 Å². The van der Waals surface area contributed by atoms with Gasteiger partial charge in [0.15, 0.2) is 5.78 Å². The molecule has 0 aliphatic carbocycles. The largest absolute Gasteiger partial charge is 0.463 e. The van der Waals surface area contributed by atoms with Gasteiger partial charge in [0, 0.05) is 6.42 Å². The van der Waals surface area contributed by atoms with Gasteiger partial charge < -0.3 is 4.74 Å². The van der Waals surface area contributed by atoms with Crippen molar-refractivity contribution in [2.75, 3.05) is 6.61 Å². The first kappa shape index (κ1) is 15.1. The summed E-state index contributed by atoms with van der Waals surface area (Å²) in [7, 11) is 0. The molecule has 16 heavy (non-hydrogen) atoms. The second-order valence-corrected chi connectivity index (χ2v) is 3.75. The lowest BCUT2D eigenvalue weighted by molar-refractivity contribution is -0.152. The molecule has 0 aromatic carbocycles. The number of unbranched alkanes of at least 4 members (excludes halogenated alkanes) is 4. The van der Waals surface area contributed by atoms with Crippen LogP contribution >= 0.6 is 0 Å². The number of hydrogen-bond acceptors (Lipinski definition) is 3. The number of ether oxygens (including phenoxy) is 1. The van der Waals surface area contributed by atoms with Crippen LogP contribution in [0.1, 0.15) is 52.4 Å². The average Bonchev–Trinajstić information content (AvgIpc) is 2.27. The molecule has 0 aliphatic rings. The lowest BCUT2D eigenvalue weighted by Gasteiger charge is -2.06. The van der Waals surface area contributed by atoms with Crippen molar-refractivity contribution in [3.8, 4) is 0 Å². The van der Waals surface area contributed by atoms with Crippen LogP contribution in [0.5, 0.6) is 0 Å². The minimum atomic E-state index is -2.09. The summed E-state index contributed by atoms with van der Waals surface area (Å²) >= 11 is 0. The SMILES string of the molecule is CCCCCCCC(=O)C(F)C(=O)OCC. The summed E-state index contributed by atoms with van der Waals surface area (Å²) in [5.74, 6) is -1.71. The van der Waals surface area contributed by atoms with E-state index in [0.717, 1.165) is 25.7 Å². The number of halogens is 1. The van der Waals surface area contributed by atoms with Gasteiger partial charge in [-0.25, -0.2) is 9.18 Å². The first-order valence-corrected chi connectivity index (χ1v) is 5.96. The molecule has 4 heteroatoms. The quantitative estimate of drug-likeness (QED) is 0.349. The fourth-order valence-corrected chi connectivity index (χ4v) is 1.38. The monoisotopic (exact) mass is 232 g/mol. The fraction of sp³-hybridized carbons (Fsp3) is 0.833. The zero-order chi connectivity index (χ0) is 12.4. The number of esters is 1. The number of carbonyl (C=O) groups is 2. The lowest BCUT2D eigenvalue weighted by Crippen LogP contribution is -2.27. The minimum absolute atomic E-state index is 0.100. The molecule has 0 radical (unpaired) electrons. The maximum Gasteiger partial charge on any atom is 0.348 e. The van der Waals surface area contributed by atoms with Crippen LogP contribution in [-0.2, 0) is 14.3 Å². The van der Waals surface area contributed by atoms with Gasteiger partial charge >= 0.3 is 5.97 Å². The summed E-state index contributed by atoms with van der Waals surface area (Å²) in [6.45, 7) is 3.78. The molecule has 0 saturated carbocycles. The molecular weight excluding hydrogens is 211 g/mol. The maximum atomic E-state index is 13.1. The summed E-state index contributed by atoms with van der Waals surface area (Å²) in [4.78, 5) is 22.1. The Morgan fingerprint density at radius 1 is 1.12 bits per heavy atom. The topological polar surface area (TPSA) is 43.4 Å². The number of rotatable bonds is 9. The smallest absolute Gasteiger partial charge is 0.348 e. The zero-order valence-corrected chi connectivity index (χ0v) is 10.1. The molecule has 94 valence electrons. The van der Waals surface area contributed by atoms with Crippen molar-refractivity contribution in [1.29, 1.82) is 0 Å². The van der Waals surface area contributed by atoms with Crippen LogP contribution in [0, 0.1) is 0 Å². The van der Waals surface area contributed by atoms with Crippen molar-refractivity contribution in [3.63, 3.8) is 0 Å². The summed E-state index contributed by atoms with van der Waals surface area (Å²) in [5.41, 5.74) is 0. The van der Waals surface area contributed by atoms with E-state index in [1.165, 1.54) is 0 Å². The van der Waals surface area contributed by atoms with Gasteiger partial charge in [0.25, 0.3) is 6.17 Å². The highest BCUT2D eigenvalue weighted by atomic mass is 19.1. The zero-order valence-electron chi connectivity index (χ0n) is 10.1. The molecule has 0 bridgehead atoms. The van der Waals surface area contributed by atoms with Gasteiger partial charge in [-0.3, -0.25) is 4.79 Å². The van der Waals surface area contributed by atoms with Crippen LogP contribution in [0.15, 0.2) is 0 Å². The van der Waals surface area contributed by atoms with Crippen LogP contribution < -0.4 is 0 Å². The van der Waals surface area contributed by atoms with E-state index in [4.69, 9.17) is 0 Å². The number of hydrogen-bond donors (Lipinski definition) is 0. The maximum absolute atomic E-state index is 13.1. The lowest BCUT2D eigenvalue weighted by atomic mass is 10.1. The summed E-state index contributed by atoms with van der Waals surface area (Å²) in [5, 5.41) is 0. The Labute approximate surface area is 96.4 Å². The molecule has 0 spiro atoms. The molecule has 0 rings (SSSR count). The minimum Gasteiger partial charge on any atom is -0.463 e. The number of carbonyl (C=O) groups excluding carboxylic acids is 2. The molecule has 1 unspecified atom stereocenters. The van der Waals surface area contributed by atoms with E-state index < -0.39 is 17.9 Å². The van der Waals surface area contributed by atoms with E-state index in [1.54, 1.807) is 6.92 Å². The van der Waals surface area contributed by atoms with E-state index in [1.807, 2.05) is 0 Å². The second-order valence-electron chi connectivity index (χ2n) is 3.75. The van der Waals surface area contributed by atoms with Crippen molar-refractivity contribution in [2.45, 2.75) is 58.5 Å². The molecule has 0 amide bonds. The average molecular weight is 232 g/mol. The third-order valence-corrected chi connectivity index (χ3v) is 2.30.